The van der Waals surface area contributed by atoms with E-state index in [2.05, 4.69) is 10.3 Å². The molecule has 0 atom stereocenters. The Hall–Kier alpha value is -1.38. The van der Waals surface area contributed by atoms with Crippen molar-refractivity contribution in [3.05, 3.63) is 23.9 Å². The molecule has 0 saturated heterocycles. The van der Waals surface area contributed by atoms with Crippen LogP contribution in [0.4, 0.5) is 5.82 Å². The fourth-order valence-electron chi connectivity index (χ4n) is 1.19. The molecule has 15 heavy (non-hydrogen) atoms. The molecule has 1 N–H and O–H groups in total. The van der Waals surface area contributed by atoms with Crippen molar-refractivity contribution < 1.29 is 4.79 Å². The lowest BCUT2D eigenvalue weighted by atomic mass is 10.3. The molecule has 0 spiro atoms. The molecule has 0 unspecified atom stereocenters. The predicted molar refractivity (Wildman–Crippen MR) is 61.7 cm³/mol. The second-order valence-electron chi connectivity index (χ2n) is 3.43. The lowest BCUT2D eigenvalue weighted by Gasteiger charge is -2.02. The van der Waals surface area contributed by atoms with Crippen LogP contribution < -0.4 is 5.32 Å². The third-order valence-corrected chi connectivity index (χ3v) is 2.09. The average molecular weight is 206 g/mol. The SMILES string of the molecule is CC.Cc1cccc(NC(=O)C2CC2)n1. The maximum absolute atomic E-state index is 11.3. The molecule has 0 aromatic carbocycles. The van der Waals surface area contributed by atoms with Gasteiger partial charge in [0.15, 0.2) is 0 Å². The summed E-state index contributed by atoms with van der Waals surface area (Å²) in [5, 5.41) is 2.79. The van der Waals surface area contributed by atoms with Crippen LogP contribution in [0.25, 0.3) is 0 Å². The van der Waals surface area contributed by atoms with E-state index in [1.807, 2.05) is 39.0 Å². The van der Waals surface area contributed by atoms with Gasteiger partial charge in [-0.2, -0.15) is 0 Å². The van der Waals surface area contributed by atoms with Gasteiger partial charge < -0.3 is 5.32 Å². The summed E-state index contributed by atoms with van der Waals surface area (Å²) in [6, 6.07) is 5.62. The molecule has 1 saturated carbocycles. The van der Waals surface area contributed by atoms with E-state index in [0.29, 0.717) is 5.82 Å². The lowest BCUT2D eigenvalue weighted by Crippen LogP contribution is -2.14. The van der Waals surface area contributed by atoms with Crippen molar-refractivity contribution in [1.29, 1.82) is 0 Å². The molecular weight excluding hydrogens is 188 g/mol. The summed E-state index contributed by atoms with van der Waals surface area (Å²) in [6.07, 6.45) is 2.05. The monoisotopic (exact) mass is 206 g/mol. The Morgan fingerprint density at radius 3 is 2.60 bits per heavy atom. The number of aryl methyl sites for hydroxylation is 1. The molecule has 1 aromatic heterocycles. The predicted octanol–water partition coefficient (Wildman–Crippen LogP) is 2.76. The fourth-order valence-corrected chi connectivity index (χ4v) is 1.19. The van der Waals surface area contributed by atoms with E-state index in [-0.39, 0.29) is 11.8 Å². The van der Waals surface area contributed by atoms with E-state index < -0.39 is 0 Å². The molecule has 3 heteroatoms. The largest absolute Gasteiger partial charge is 0.310 e. The van der Waals surface area contributed by atoms with Gasteiger partial charge in [0.05, 0.1) is 0 Å². The number of aromatic nitrogens is 1. The van der Waals surface area contributed by atoms with Crippen LogP contribution >= 0.6 is 0 Å². The first-order valence-electron chi connectivity index (χ1n) is 5.50. The zero-order chi connectivity index (χ0) is 11.3. The number of rotatable bonds is 2. The summed E-state index contributed by atoms with van der Waals surface area (Å²) >= 11 is 0. The molecule has 1 amide bonds. The Balaban J connectivity index is 0.000000531. The quantitative estimate of drug-likeness (QED) is 0.808. The van der Waals surface area contributed by atoms with Crippen molar-refractivity contribution in [3.63, 3.8) is 0 Å². The third kappa shape index (κ3) is 3.70. The zero-order valence-electron chi connectivity index (χ0n) is 9.58. The molecule has 0 radical (unpaired) electrons. The minimum atomic E-state index is 0.109. The van der Waals surface area contributed by atoms with Gasteiger partial charge in [0.1, 0.15) is 5.82 Å². The average Bonchev–Trinajstić information content (AvgIpc) is 3.04. The molecule has 1 fully saturated rings. The Kier molecular flexibility index (Phi) is 4.28. The number of hydrogen-bond donors (Lipinski definition) is 1. The van der Waals surface area contributed by atoms with E-state index in [4.69, 9.17) is 0 Å². The molecule has 2 rings (SSSR count). The van der Waals surface area contributed by atoms with E-state index in [1.165, 1.54) is 0 Å². The van der Waals surface area contributed by atoms with Crippen LogP contribution in [0.5, 0.6) is 0 Å². The summed E-state index contributed by atoms with van der Waals surface area (Å²) < 4.78 is 0. The van der Waals surface area contributed by atoms with Gasteiger partial charge in [0.25, 0.3) is 0 Å². The van der Waals surface area contributed by atoms with Crippen LogP contribution in [-0.4, -0.2) is 10.9 Å². The highest BCUT2D eigenvalue weighted by atomic mass is 16.2. The number of carbonyl (C=O) groups is 1. The van der Waals surface area contributed by atoms with E-state index >= 15 is 0 Å². The van der Waals surface area contributed by atoms with Gasteiger partial charge in [-0.15, -0.1) is 0 Å². The van der Waals surface area contributed by atoms with E-state index in [9.17, 15) is 4.79 Å². The molecular formula is C12H18N2O. The van der Waals surface area contributed by atoms with Gasteiger partial charge >= 0.3 is 0 Å². The van der Waals surface area contributed by atoms with Crippen molar-refractivity contribution in [2.45, 2.75) is 33.6 Å². The molecule has 1 aliphatic rings. The first kappa shape index (κ1) is 11.7. The van der Waals surface area contributed by atoms with Crippen molar-refractivity contribution in [3.8, 4) is 0 Å². The number of pyridine rings is 1. The summed E-state index contributed by atoms with van der Waals surface area (Å²) in [7, 11) is 0. The van der Waals surface area contributed by atoms with E-state index in [1.54, 1.807) is 0 Å². The second-order valence-corrected chi connectivity index (χ2v) is 3.43. The van der Waals surface area contributed by atoms with Crippen LogP contribution in [-0.2, 0) is 4.79 Å². The number of amides is 1. The highest BCUT2D eigenvalue weighted by Gasteiger charge is 2.29. The topological polar surface area (TPSA) is 42.0 Å². The lowest BCUT2D eigenvalue weighted by molar-refractivity contribution is -0.117. The molecule has 1 aromatic rings. The zero-order valence-corrected chi connectivity index (χ0v) is 9.58. The molecule has 3 nitrogen and oxygen atoms in total. The number of hydrogen-bond acceptors (Lipinski definition) is 2. The first-order chi connectivity index (χ1) is 7.25. The molecule has 1 aliphatic carbocycles. The highest BCUT2D eigenvalue weighted by Crippen LogP contribution is 2.29. The van der Waals surface area contributed by atoms with Crippen molar-refractivity contribution in [2.24, 2.45) is 5.92 Å². The standard InChI is InChI=1S/C10H12N2O.C2H6/c1-7-3-2-4-9(11-7)12-10(13)8-5-6-8;1-2/h2-4,8H,5-6H2,1H3,(H,11,12,13);1-2H3. The van der Waals surface area contributed by atoms with Crippen molar-refractivity contribution in [2.75, 3.05) is 5.32 Å². The first-order valence-corrected chi connectivity index (χ1v) is 5.50. The maximum atomic E-state index is 11.3. The summed E-state index contributed by atoms with van der Waals surface area (Å²) in [6.45, 7) is 5.91. The van der Waals surface area contributed by atoms with Crippen LogP contribution in [0.15, 0.2) is 18.2 Å². The van der Waals surface area contributed by atoms with Gasteiger partial charge in [-0.25, -0.2) is 4.98 Å². The van der Waals surface area contributed by atoms with Gasteiger partial charge in [-0.1, -0.05) is 19.9 Å². The minimum Gasteiger partial charge on any atom is -0.310 e. The van der Waals surface area contributed by atoms with E-state index in [0.717, 1.165) is 18.5 Å². The Morgan fingerprint density at radius 2 is 2.07 bits per heavy atom. The normalized spacial score (nSPS) is 13.8. The Labute approximate surface area is 90.9 Å². The van der Waals surface area contributed by atoms with Crippen LogP contribution in [0.3, 0.4) is 0 Å². The summed E-state index contributed by atoms with van der Waals surface area (Å²) in [5.41, 5.74) is 0.925. The van der Waals surface area contributed by atoms with Gasteiger partial charge in [-0.3, -0.25) is 4.79 Å². The second kappa shape index (κ2) is 5.49. The number of nitrogens with one attached hydrogen (secondary N) is 1. The van der Waals surface area contributed by atoms with Crippen molar-refractivity contribution in [1.82, 2.24) is 4.98 Å². The van der Waals surface area contributed by atoms with Crippen LogP contribution in [0.2, 0.25) is 0 Å². The maximum Gasteiger partial charge on any atom is 0.228 e. The Bertz CT molecular complexity index is 332. The molecule has 0 bridgehead atoms. The number of carbonyl (C=O) groups excluding carboxylic acids is 1. The smallest absolute Gasteiger partial charge is 0.228 e. The van der Waals surface area contributed by atoms with Crippen LogP contribution in [0.1, 0.15) is 32.4 Å². The highest BCUT2D eigenvalue weighted by molar-refractivity contribution is 5.93. The molecule has 82 valence electrons. The third-order valence-electron chi connectivity index (χ3n) is 2.09. The summed E-state index contributed by atoms with van der Waals surface area (Å²) in [5.74, 6) is 1.01. The minimum absolute atomic E-state index is 0.109. The number of nitrogens with zero attached hydrogens (tertiary/aromatic N) is 1. The summed E-state index contributed by atoms with van der Waals surface area (Å²) in [4.78, 5) is 15.5. The van der Waals surface area contributed by atoms with Gasteiger partial charge in [0, 0.05) is 11.6 Å². The van der Waals surface area contributed by atoms with Crippen LogP contribution in [0, 0.1) is 12.8 Å². The molecule has 1 heterocycles. The number of anilines is 1. The van der Waals surface area contributed by atoms with Crippen molar-refractivity contribution >= 4 is 11.7 Å². The molecule has 0 aliphatic heterocycles. The Morgan fingerprint density at radius 1 is 1.40 bits per heavy atom. The van der Waals surface area contributed by atoms with Gasteiger partial charge in [-0.05, 0) is 31.9 Å². The van der Waals surface area contributed by atoms with Gasteiger partial charge in [0.2, 0.25) is 5.91 Å². The fraction of sp³-hybridized carbons (Fsp3) is 0.500.